The first-order valence-electron chi connectivity index (χ1n) is 5.95. The molecule has 1 aromatic carbocycles. The lowest BCUT2D eigenvalue weighted by molar-refractivity contribution is 0.102. The van der Waals surface area contributed by atoms with E-state index in [4.69, 9.17) is 11.6 Å². The number of nitrogens with zero attached hydrogens (tertiary/aromatic N) is 2. The van der Waals surface area contributed by atoms with Crippen molar-refractivity contribution in [2.24, 2.45) is 0 Å². The van der Waals surface area contributed by atoms with Crippen LogP contribution in [-0.2, 0) is 6.54 Å². The molecule has 20 heavy (non-hydrogen) atoms. The van der Waals surface area contributed by atoms with Crippen LogP contribution in [0.15, 0.2) is 40.4 Å². The molecule has 1 amide bonds. The van der Waals surface area contributed by atoms with Crippen LogP contribution in [0.2, 0.25) is 5.02 Å². The molecule has 0 radical (unpaired) electrons. The molecule has 2 aromatic rings. The molecule has 1 aliphatic rings. The molecule has 0 fully saturated rings. The third-order valence-corrected chi connectivity index (χ3v) is 4.22. The highest BCUT2D eigenvalue weighted by molar-refractivity contribution is 7.99. The van der Waals surface area contributed by atoms with Gasteiger partial charge >= 0.3 is 0 Å². The minimum atomic E-state index is -0.416. The average molecular weight is 308 g/mol. The monoisotopic (exact) mass is 307 g/mol. The van der Waals surface area contributed by atoms with E-state index in [2.05, 4.69) is 10.3 Å². The molecule has 0 unspecified atom stereocenters. The van der Waals surface area contributed by atoms with Crippen LogP contribution < -0.4 is 10.9 Å². The summed E-state index contributed by atoms with van der Waals surface area (Å²) in [6.07, 6.45) is 1.39. The highest BCUT2D eigenvalue weighted by atomic mass is 35.5. The van der Waals surface area contributed by atoms with Crippen LogP contribution in [0, 0.1) is 0 Å². The van der Waals surface area contributed by atoms with Crippen molar-refractivity contribution in [3.8, 4) is 0 Å². The van der Waals surface area contributed by atoms with Gasteiger partial charge in [0.15, 0.2) is 5.16 Å². The van der Waals surface area contributed by atoms with Crippen LogP contribution in [0.5, 0.6) is 0 Å². The molecule has 102 valence electrons. The van der Waals surface area contributed by atoms with E-state index in [-0.39, 0.29) is 11.2 Å². The van der Waals surface area contributed by atoms with Crippen LogP contribution in [0.25, 0.3) is 0 Å². The van der Waals surface area contributed by atoms with Gasteiger partial charge in [-0.25, -0.2) is 4.98 Å². The molecule has 5 nitrogen and oxygen atoms in total. The van der Waals surface area contributed by atoms with Gasteiger partial charge in [0.2, 0.25) is 0 Å². The number of anilines is 1. The van der Waals surface area contributed by atoms with Gasteiger partial charge in [-0.1, -0.05) is 35.5 Å². The van der Waals surface area contributed by atoms with E-state index in [1.54, 1.807) is 28.8 Å². The third kappa shape index (κ3) is 2.32. The number of amides is 1. The van der Waals surface area contributed by atoms with Crippen LogP contribution in [-0.4, -0.2) is 21.2 Å². The molecular weight excluding hydrogens is 298 g/mol. The summed E-state index contributed by atoms with van der Waals surface area (Å²) in [5.41, 5.74) is 0.259. The van der Waals surface area contributed by atoms with Gasteiger partial charge in [-0.05, 0) is 12.1 Å². The van der Waals surface area contributed by atoms with E-state index < -0.39 is 5.91 Å². The summed E-state index contributed by atoms with van der Waals surface area (Å²) in [5, 5.41) is 3.60. The second kappa shape index (κ2) is 5.30. The summed E-state index contributed by atoms with van der Waals surface area (Å²) in [7, 11) is 0. The number of fused-ring (bicyclic) bond motifs is 1. The van der Waals surface area contributed by atoms with Crippen LogP contribution >= 0.6 is 23.4 Å². The maximum Gasteiger partial charge on any atom is 0.277 e. The molecule has 1 N–H and O–H groups in total. The summed E-state index contributed by atoms with van der Waals surface area (Å²) < 4.78 is 1.56. The van der Waals surface area contributed by atoms with Gasteiger partial charge in [0.1, 0.15) is 5.69 Å². The molecule has 0 aliphatic carbocycles. The van der Waals surface area contributed by atoms with Crippen LogP contribution in [0.1, 0.15) is 10.4 Å². The van der Waals surface area contributed by atoms with Gasteiger partial charge in [0, 0.05) is 12.3 Å². The fourth-order valence-electron chi connectivity index (χ4n) is 1.94. The van der Waals surface area contributed by atoms with E-state index in [0.29, 0.717) is 22.3 Å². The lowest BCUT2D eigenvalue weighted by Crippen LogP contribution is -2.26. The molecule has 1 aliphatic heterocycles. The number of halogens is 1. The fraction of sp³-hybridized carbons (Fsp3) is 0.154. The third-order valence-electron chi connectivity index (χ3n) is 2.92. The van der Waals surface area contributed by atoms with Crippen molar-refractivity contribution < 1.29 is 4.79 Å². The summed E-state index contributed by atoms with van der Waals surface area (Å²) in [6.45, 7) is 0.613. The summed E-state index contributed by atoms with van der Waals surface area (Å²) >= 11 is 7.48. The summed E-state index contributed by atoms with van der Waals surface area (Å²) in [6, 6.07) is 6.68. The van der Waals surface area contributed by atoms with Crippen molar-refractivity contribution >= 4 is 35.0 Å². The fourth-order valence-corrected chi connectivity index (χ4v) is 3.07. The van der Waals surface area contributed by atoms with Crippen molar-refractivity contribution in [3.05, 3.63) is 51.4 Å². The van der Waals surface area contributed by atoms with Crippen molar-refractivity contribution in [2.75, 3.05) is 11.1 Å². The number of carbonyl (C=O) groups excluding carboxylic acids is 1. The van der Waals surface area contributed by atoms with Crippen molar-refractivity contribution in [1.29, 1.82) is 0 Å². The van der Waals surface area contributed by atoms with Crippen LogP contribution in [0.3, 0.4) is 0 Å². The number of nitrogens with one attached hydrogen (secondary N) is 1. The number of thioether (sulfide) groups is 1. The molecular formula is C13H10ClN3O2S. The second-order valence-corrected chi connectivity index (χ2v) is 5.66. The minimum Gasteiger partial charge on any atom is -0.316 e. The molecule has 7 heteroatoms. The number of rotatable bonds is 2. The lowest BCUT2D eigenvalue weighted by atomic mass is 10.2. The Labute approximate surface area is 124 Å². The first-order chi connectivity index (χ1) is 9.66. The van der Waals surface area contributed by atoms with Crippen molar-refractivity contribution in [2.45, 2.75) is 11.7 Å². The Morgan fingerprint density at radius 2 is 2.20 bits per heavy atom. The Hall–Kier alpha value is -1.79. The van der Waals surface area contributed by atoms with Gasteiger partial charge in [0.25, 0.3) is 11.5 Å². The Bertz CT molecular complexity index is 745. The SMILES string of the molecule is O=C(Nc1cnc2n(c1=O)CCS2)c1ccccc1Cl. The summed E-state index contributed by atoms with van der Waals surface area (Å²) in [5.74, 6) is 0.408. The highest BCUT2D eigenvalue weighted by Gasteiger charge is 2.18. The quantitative estimate of drug-likeness (QED) is 0.864. The Morgan fingerprint density at radius 1 is 1.40 bits per heavy atom. The van der Waals surface area contributed by atoms with Gasteiger partial charge in [-0.15, -0.1) is 0 Å². The van der Waals surface area contributed by atoms with E-state index in [1.165, 1.54) is 18.0 Å². The first-order valence-corrected chi connectivity index (χ1v) is 7.31. The molecule has 2 heterocycles. The van der Waals surface area contributed by atoms with Gasteiger partial charge < -0.3 is 5.32 Å². The number of carbonyl (C=O) groups is 1. The molecule has 1 aromatic heterocycles. The minimum absolute atomic E-state index is 0.168. The van der Waals surface area contributed by atoms with Gasteiger partial charge in [-0.3, -0.25) is 14.2 Å². The van der Waals surface area contributed by atoms with Crippen molar-refractivity contribution in [3.63, 3.8) is 0 Å². The molecule has 0 saturated heterocycles. The predicted molar refractivity (Wildman–Crippen MR) is 78.6 cm³/mol. The van der Waals surface area contributed by atoms with Gasteiger partial charge in [-0.2, -0.15) is 0 Å². The Kier molecular flexibility index (Phi) is 3.50. The van der Waals surface area contributed by atoms with Gasteiger partial charge in [0.05, 0.1) is 16.8 Å². The molecule has 0 saturated carbocycles. The molecule has 0 spiro atoms. The molecule has 3 rings (SSSR count). The Morgan fingerprint density at radius 3 is 3.00 bits per heavy atom. The number of benzene rings is 1. The average Bonchev–Trinajstić information content (AvgIpc) is 2.91. The van der Waals surface area contributed by atoms with E-state index in [1.807, 2.05) is 0 Å². The van der Waals surface area contributed by atoms with Crippen molar-refractivity contribution in [1.82, 2.24) is 9.55 Å². The molecule has 0 atom stereocenters. The summed E-state index contributed by atoms with van der Waals surface area (Å²) in [4.78, 5) is 28.5. The number of hydrogen-bond acceptors (Lipinski definition) is 4. The van der Waals surface area contributed by atoms with E-state index in [0.717, 1.165) is 5.75 Å². The second-order valence-electron chi connectivity index (χ2n) is 4.19. The topological polar surface area (TPSA) is 64.0 Å². The zero-order chi connectivity index (χ0) is 14.1. The Balaban J connectivity index is 1.91. The predicted octanol–water partition coefficient (Wildman–Crippen LogP) is 2.25. The normalized spacial score (nSPS) is 13.1. The molecule has 0 bridgehead atoms. The smallest absolute Gasteiger partial charge is 0.277 e. The maximum atomic E-state index is 12.2. The maximum absolute atomic E-state index is 12.2. The van der Waals surface area contributed by atoms with E-state index in [9.17, 15) is 9.59 Å². The van der Waals surface area contributed by atoms with Crippen LogP contribution in [0.4, 0.5) is 5.69 Å². The van der Waals surface area contributed by atoms with E-state index >= 15 is 0 Å². The largest absolute Gasteiger partial charge is 0.316 e. The standard InChI is InChI=1S/C13H10ClN3O2S/c14-9-4-2-1-3-8(9)11(18)16-10-7-15-13-17(12(10)19)5-6-20-13/h1-4,7H,5-6H2,(H,16,18). The lowest BCUT2D eigenvalue weighted by Gasteiger charge is -2.08. The number of aromatic nitrogens is 2. The number of hydrogen-bond donors (Lipinski definition) is 1. The zero-order valence-electron chi connectivity index (χ0n) is 10.3. The zero-order valence-corrected chi connectivity index (χ0v) is 11.9. The first kappa shape index (κ1) is 13.2. The highest BCUT2D eigenvalue weighted by Crippen LogP contribution is 2.22.